The third-order valence-corrected chi connectivity index (χ3v) is 3.63. The van der Waals surface area contributed by atoms with Crippen LogP contribution in [0.2, 0.25) is 0 Å². The van der Waals surface area contributed by atoms with E-state index in [1.165, 1.54) is 0 Å². The largest absolute Gasteiger partial charge is 0.508 e. The molecule has 0 aliphatic carbocycles. The van der Waals surface area contributed by atoms with Gasteiger partial charge in [0.05, 0.1) is 5.69 Å². The van der Waals surface area contributed by atoms with Crippen LogP contribution in [0.25, 0.3) is 0 Å². The van der Waals surface area contributed by atoms with E-state index in [0.29, 0.717) is 5.75 Å². The SMILES string of the molecule is CCCNc1ccnc(CSc2cccc(O)c2)c1. The summed E-state index contributed by atoms with van der Waals surface area (Å²) in [6, 6.07) is 11.3. The van der Waals surface area contributed by atoms with E-state index in [9.17, 15) is 5.11 Å². The number of hydrogen-bond acceptors (Lipinski definition) is 4. The molecule has 19 heavy (non-hydrogen) atoms. The van der Waals surface area contributed by atoms with Crippen molar-refractivity contribution in [3.05, 3.63) is 48.3 Å². The predicted molar refractivity (Wildman–Crippen MR) is 80.7 cm³/mol. The number of phenolic OH excluding ortho intramolecular Hbond substituents is 1. The lowest BCUT2D eigenvalue weighted by Gasteiger charge is -2.06. The van der Waals surface area contributed by atoms with E-state index in [4.69, 9.17) is 0 Å². The summed E-state index contributed by atoms with van der Waals surface area (Å²) < 4.78 is 0. The van der Waals surface area contributed by atoms with Crippen molar-refractivity contribution in [2.45, 2.75) is 24.0 Å². The number of benzene rings is 1. The molecule has 0 amide bonds. The van der Waals surface area contributed by atoms with E-state index in [1.807, 2.05) is 24.4 Å². The molecule has 1 aromatic heterocycles. The van der Waals surface area contributed by atoms with Gasteiger partial charge in [0.1, 0.15) is 5.75 Å². The summed E-state index contributed by atoms with van der Waals surface area (Å²) in [4.78, 5) is 5.41. The number of nitrogens with zero attached hydrogens (tertiary/aromatic N) is 1. The lowest BCUT2D eigenvalue weighted by molar-refractivity contribution is 0.474. The normalized spacial score (nSPS) is 10.4. The maximum Gasteiger partial charge on any atom is 0.116 e. The van der Waals surface area contributed by atoms with Gasteiger partial charge in [0.25, 0.3) is 0 Å². The molecule has 1 heterocycles. The highest BCUT2D eigenvalue weighted by molar-refractivity contribution is 7.98. The summed E-state index contributed by atoms with van der Waals surface area (Å²) in [5, 5.41) is 12.8. The zero-order valence-electron chi connectivity index (χ0n) is 11.0. The van der Waals surface area contributed by atoms with E-state index in [-0.39, 0.29) is 0 Å². The molecule has 0 saturated carbocycles. The van der Waals surface area contributed by atoms with Crippen LogP contribution in [-0.2, 0) is 5.75 Å². The fraction of sp³-hybridized carbons (Fsp3) is 0.267. The zero-order chi connectivity index (χ0) is 13.5. The van der Waals surface area contributed by atoms with Crippen molar-refractivity contribution in [1.82, 2.24) is 4.98 Å². The molecule has 0 aliphatic rings. The number of anilines is 1. The number of thioether (sulfide) groups is 1. The van der Waals surface area contributed by atoms with Gasteiger partial charge >= 0.3 is 0 Å². The summed E-state index contributed by atoms with van der Waals surface area (Å²) in [6.07, 6.45) is 2.94. The topological polar surface area (TPSA) is 45.2 Å². The Kier molecular flexibility index (Phi) is 5.10. The minimum Gasteiger partial charge on any atom is -0.508 e. The maximum absolute atomic E-state index is 9.41. The van der Waals surface area contributed by atoms with Crippen LogP contribution in [0, 0.1) is 0 Å². The molecule has 0 saturated heterocycles. The number of aromatic nitrogens is 1. The summed E-state index contributed by atoms with van der Waals surface area (Å²) in [5.74, 6) is 1.10. The average Bonchev–Trinajstić information content (AvgIpc) is 2.43. The molecule has 2 N–H and O–H groups in total. The Morgan fingerprint density at radius 3 is 2.95 bits per heavy atom. The highest BCUT2D eigenvalue weighted by Crippen LogP contribution is 2.25. The highest BCUT2D eigenvalue weighted by atomic mass is 32.2. The third kappa shape index (κ3) is 4.48. The molecule has 0 atom stereocenters. The summed E-state index contributed by atoms with van der Waals surface area (Å²) >= 11 is 1.67. The summed E-state index contributed by atoms with van der Waals surface area (Å²) in [6.45, 7) is 3.12. The highest BCUT2D eigenvalue weighted by Gasteiger charge is 2.00. The predicted octanol–water partition coefficient (Wildman–Crippen LogP) is 3.90. The van der Waals surface area contributed by atoms with Gasteiger partial charge in [0.2, 0.25) is 0 Å². The van der Waals surface area contributed by atoms with Gasteiger partial charge in [0, 0.05) is 29.1 Å². The zero-order valence-corrected chi connectivity index (χ0v) is 11.8. The Labute approximate surface area is 118 Å². The van der Waals surface area contributed by atoms with Gasteiger partial charge in [-0.2, -0.15) is 0 Å². The van der Waals surface area contributed by atoms with Crippen molar-refractivity contribution in [2.24, 2.45) is 0 Å². The van der Waals surface area contributed by atoms with Crippen LogP contribution in [0.15, 0.2) is 47.5 Å². The third-order valence-electron chi connectivity index (χ3n) is 2.60. The Balaban J connectivity index is 1.95. The van der Waals surface area contributed by atoms with Crippen molar-refractivity contribution in [1.29, 1.82) is 0 Å². The molecule has 0 bridgehead atoms. The van der Waals surface area contributed by atoms with Gasteiger partial charge < -0.3 is 10.4 Å². The van der Waals surface area contributed by atoms with Gasteiger partial charge in [-0.3, -0.25) is 4.98 Å². The molecule has 4 heteroatoms. The maximum atomic E-state index is 9.41. The van der Waals surface area contributed by atoms with Crippen molar-refractivity contribution in [3.63, 3.8) is 0 Å². The molecule has 2 aromatic rings. The van der Waals surface area contributed by atoms with E-state index >= 15 is 0 Å². The Hall–Kier alpha value is -1.68. The van der Waals surface area contributed by atoms with Gasteiger partial charge in [-0.25, -0.2) is 0 Å². The monoisotopic (exact) mass is 274 g/mol. The van der Waals surface area contributed by atoms with E-state index in [0.717, 1.165) is 35.0 Å². The second kappa shape index (κ2) is 7.04. The van der Waals surface area contributed by atoms with E-state index < -0.39 is 0 Å². The molecule has 0 aliphatic heterocycles. The van der Waals surface area contributed by atoms with Crippen molar-refractivity contribution < 1.29 is 5.11 Å². The van der Waals surface area contributed by atoms with Gasteiger partial charge in [-0.15, -0.1) is 11.8 Å². The molecule has 1 aromatic carbocycles. The first-order valence-corrected chi connectivity index (χ1v) is 7.37. The summed E-state index contributed by atoms with van der Waals surface area (Å²) in [7, 11) is 0. The van der Waals surface area contributed by atoms with Gasteiger partial charge in [-0.05, 0) is 36.8 Å². The second-order valence-corrected chi connectivity index (χ2v) is 5.30. The molecule has 3 nitrogen and oxygen atoms in total. The standard InChI is InChI=1S/C15H18N2OS/c1-2-7-16-12-6-8-17-13(9-12)11-19-15-5-3-4-14(18)10-15/h3-6,8-10,18H,2,7,11H2,1H3,(H,16,17). The molecule has 2 rings (SSSR count). The van der Waals surface area contributed by atoms with Gasteiger partial charge in [0.15, 0.2) is 0 Å². The average molecular weight is 274 g/mol. The minimum atomic E-state index is 0.302. The van der Waals surface area contributed by atoms with E-state index in [2.05, 4.69) is 23.3 Å². The quantitative estimate of drug-likeness (QED) is 0.784. The number of nitrogens with one attached hydrogen (secondary N) is 1. The Morgan fingerprint density at radius 1 is 1.26 bits per heavy atom. The molecule has 0 spiro atoms. The van der Waals surface area contributed by atoms with Crippen LogP contribution in [-0.4, -0.2) is 16.6 Å². The first kappa shape index (κ1) is 13.7. The number of pyridine rings is 1. The fourth-order valence-electron chi connectivity index (χ4n) is 1.67. The van der Waals surface area contributed by atoms with Crippen molar-refractivity contribution in [2.75, 3.05) is 11.9 Å². The number of hydrogen-bond donors (Lipinski definition) is 2. The van der Waals surface area contributed by atoms with E-state index in [1.54, 1.807) is 23.9 Å². The molecular weight excluding hydrogens is 256 g/mol. The van der Waals surface area contributed by atoms with Crippen LogP contribution in [0.4, 0.5) is 5.69 Å². The van der Waals surface area contributed by atoms with Crippen LogP contribution >= 0.6 is 11.8 Å². The first-order valence-electron chi connectivity index (χ1n) is 6.38. The van der Waals surface area contributed by atoms with Gasteiger partial charge in [-0.1, -0.05) is 13.0 Å². The molecule has 0 radical (unpaired) electrons. The molecular formula is C15H18N2OS. The second-order valence-electron chi connectivity index (χ2n) is 4.25. The van der Waals surface area contributed by atoms with Crippen LogP contribution < -0.4 is 5.32 Å². The minimum absolute atomic E-state index is 0.302. The smallest absolute Gasteiger partial charge is 0.116 e. The number of rotatable bonds is 6. The molecule has 100 valence electrons. The lowest BCUT2D eigenvalue weighted by Crippen LogP contribution is -2.00. The Morgan fingerprint density at radius 2 is 2.16 bits per heavy atom. The number of aromatic hydroxyl groups is 1. The number of phenols is 1. The Bertz CT molecular complexity index is 531. The first-order chi connectivity index (χ1) is 9.28. The van der Waals surface area contributed by atoms with Crippen LogP contribution in [0.5, 0.6) is 5.75 Å². The fourth-order valence-corrected chi connectivity index (χ4v) is 2.52. The van der Waals surface area contributed by atoms with Crippen molar-refractivity contribution in [3.8, 4) is 5.75 Å². The van der Waals surface area contributed by atoms with Crippen molar-refractivity contribution >= 4 is 17.4 Å². The molecule has 0 fully saturated rings. The molecule has 0 unspecified atom stereocenters. The van der Waals surface area contributed by atoms with Crippen LogP contribution in [0.1, 0.15) is 19.0 Å². The lowest BCUT2D eigenvalue weighted by atomic mass is 10.3. The van der Waals surface area contributed by atoms with Crippen LogP contribution in [0.3, 0.4) is 0 Å². The summed E-state index contributed by atoms with van der Waals surface area (Å²) in [5.41, 5.74) is 2.15.